The van der Waals surface area contributed by atoms with Gasteiger partial charge >= 0.3 is 0 Å². The maximum Gasteiger partial charge on any atom is 0.210 e. The fourth-order valence-corrected chi connectivity index (χ4v) is 2.20. The normalized spacial score (nSPS) is 13.9. The van der Waals surface area contributed by atoms with E-state index in [9.17, 15) is 4.79 Å². The average molecular weight is 259 g/mol. The van der Waals surface area contributed by atoms with Crippen LogP contribution in [0.15, 0.2) is 42.2 Å². The van der Waals surface area contributed by atoms with Gasteiger partial charge in [-0.15, -0.1) is 0 Å². The summed E-state index contributed by atoms with van der Waals surface area (Å²) in [4.78, 5) is 15.1. The van der Waals surface area contributed by atoms with Crippen molar-refractivity contribution in [3.05, 3.63) is 47.8 Å². The van der Waals surface area contributed by atoms with Crippen LogP contribution in [-0.2, 0) is 11.3 Å². The molecule has 0 aliphatic carbocycles. The number of carbonyl (C=O) groups excluding carboxylic acids is 1. The van der Waals surface area contributed by atoms with Crippen molar-refractivity contribution in [1.29, 1.82) is 0 Å². The minimum atomic E-state index is 0.692. The first-order chi connectivity index (χ1) is 9.28. The number of allylic oxidation sites excluding steroid dienone is 1. The van der Waals surface area contributed by atoms with Crippen LogP contribution in [0, 0.1) is 0 Å². The van der Waals surface area contributed by atoms with Gasteiger partial charge in [-0.1, -0.05) is 30.3 Å². The number of nitrogens with zero attached hydrogens (tertiary/aromatic N) is 2. The molecule has 0 saturated carbocycles. The van der Waals surface area contributed by atoms with Crippen LogP contribution < -0.4 is 5.32 Å². The minimum Gasteiger partial charge on any atom is -0.370 e. The molecular weight excluding hydrogens is 238 g/mol. The molecule has 0 radical (unpaired) electrons. The highest BCUT2D eigenvalue weighted by Crippen LogP contribution is 2.06. The Kier molecular flexibility index (Phi) is 4.84. The molecular formula is C15H21N3O. The van der Waals surface area contributed by atoms with E-state index < -0.39 is 0 Å². The van der Waals surface area contributed by atoms with Crippen molar-refractivity contribution >= 4 is 6.41 Å². The zero-order chi connectivity index (χ0) is 13.5. The van der Waals surface area contributed by atoms with Crippen molar-refractivity contribution in [1.82, 2.24) is 15.1 Å². The number of hydrogen-bond donors (Lipinski definition) is 1. The van der Waals surface area contributed by atoms with Crippen molar-refractivity contribution in [2.75, 3.05) is 19.8 Å². The zero-order valence-corrected chi connectivity index (χ0v) is 11.4. The minimum absolute atomic E-state index is 0.692. The molecule has 0 spiro atoms. The lowest BCUT2D eigenvalue weighted by Crippen LogP contribution is -2.27. The second-order valence-electron chi connectivity index (χ2n) is 4.87. The number of rotatable bonds is 7. The summed E-state index contributed by atoms with van der Waals surface area (Å²) < 4.78 is 0. The van der Waals surface area contributed by atoms with Gasteiger partial charge in [-0.2, -0.15) is 0 Å². The summed E-state index contributed by atoms with van der Waals surface area (Å²) in [5.41, 5.74) is 2.38. The van der Waals surface area contributed by atoms with Gasteiger partial charge in [-0.25, -0.2) is 0 Å². The average Bonchev–Trinajstić information content (AvgIpc) is 2.84. The third-order valence-corrected chi connectivity index (χ3v) is 3.21. The third kappa shape index (κ3) is 4.32. The van der Waals surface area contributed by atoms with Crippen molar-refractivity contribution in [3.63, 3.8) is 0 Å². The molecule has 2 rings (SSSR count). The van der Waals surface area contributed by atoms with Gasteiger partial charge in [-0.05, 0) is 18.9 Å². The molecule has 1 aromatic rings. The predicted molar refractivity (Wildman–Crippen MR) is 76.0 cm³/mol. The van der Waals surface area contributed by atoms with Gasteiger partial charge in [0.05, 0.1) is 6.67 Å². The number of amides is 1. The largest absolute Gasteiger partial charge is 0.370 e. The highest BCUT2D eigenvalue weighted by Gasteiger charge is 2.08. The summed E-state index contributed by atoms with van der Waals surface area (Å²) in [7, 11) is 0. The van der Waals surface area contributed by atoms with Gasteiger partial charge in [0.25, 0.3) is 0 Å². The molecule has 4 nitrogen and oxygen atoms in total. The Bertz CT molecular complexity index is 430. The smallest absolute Gasteiger partial charge is 0.210 e. The molecule has 1 aromatic carbocycles. The Morgan fingerprint density at radius 3 is 2.79 bits per heavy atom. The molecule has 0 atom stereocenters. The lowest BCUT2D eigenvalue weighted by atomic mass is 10.2. The van der Waals surface area contributed by atoms with E-state index in [0.29, 0.717) is 6.54 Å². The summed E-state index contributed by atoms with van der Waals surface area (Å²) in [5.74, 6) is 0. The summed E-state index contributed by atoms with van der Waals surface area (Å²) in [6.45, 7) is 5.40. The Hall–Kier alpha value is -1.97. The SMILES string of the molecule is CC1=CN(CCCN(C=O)Cc2ccccc2)CN1. The molecule has 4 heteroatoms. The quantitative estimate of drug-likeness (QED) is 0.758. The second-order valence-corrected chi connectivity index (χ2v) is 4.87. The summed E-state index contributed by atoms with van der Waals surface area (Å²) >= 11 is 0. The van der Waals surface area contributed by atoms with Gasteiger partial charge in [0.2, 0.25) is 6.41 Å². The number of carbonyl (C=O) groups is 1. The number of nitrogens with one attached hydrogen (secondary N) is 1. The van der Waals surface area contributed by atoms with Gasteiger partial charge < -0.3 is 15.1 Å². The molecule has 102 valence electrons. The van der Waals surface area contributed by atoms with Crippen LogP contribution in [0.5, 0.6) is 0 Å². The first-order valence-electron chi connectivity index (χ1n) is 6.67. The molecule has 1 aliphatic heterocycles. The molecule has 1 amide bonds. The third-order valence-electron chi connectivity index (χ3n) is 3.21. The van der Waals surface area contributed by atoms with Crippen molar-refractivity contribution in [2.45, 2.75) is 19.9 Å². The Morgan fingerprint density at radius 2 is 2.16 bits per heavy atom. The summed E-state index contributed by atoms with van der Waals surface area (Å²) in [6, 6.07) is 10.1. The van der Waals surface area contributed by atoms with E-state index in [1.165, 1.54) is 11.3 Å². The Balaban J connectivity index is 1.72. The zero-order valence-electron chi connectivity index (χ0n) is 11.4. The maximum atomic E-state index is 11.1. The fourth-order valence-electron chi connectivity index (χ4n) is 2.20. The molecule has 0 saturated heterocycles. The highest BCUT2D eigenvalue weighted by atomic mass is 16.1. The fraction of sp³-hybridized carbons (Fsp3) is 0.400. The van der Waals surface area contributed by atoms with Gasteiger partial charge in [0, 0.05) is 31.5 Å². The van der Waals surface area contributed by atoms with Crippen molar-refractivity contribution in [2.24, 2.45) is 0 Å². The van der Waals surface area contributed by atoms with Crippen LogP contribution in [0.3, 0.4) is 0 Å². The van der Waals surface area contributed by atoms with E-state index in [-0.39, 0.29) is 0 Å². The molecule has 0 fully saturated rings. The molecule has 0 bridgehead atoms. The van der Waals surface area contributed by atoms with E-state index in [2.05, 4.69) is 23.3 Å². The van der Waals surface area contributed by atoms with E-state index in [1.54, 1.807) is 0 Å². The lowest BCUT2D eigenvalue weighted by molar-refractivity contribution is -0.118. The van der Waals surface area contributed by atoms with Crippen LogP contribution in [-0.4, -0.2) is 36.0 Å². The Morgan fingerprint density at radius 1 is 1.37 bits per heavy atom. The first kappa shape index (κ1) is 13.5. The Labute approximate surface area is 114 Å². The topological polar surface area (TPSA) is 35.6 Å². The van der Waals surface area contributed by atoms with E-state index in [1.807, 2.05) is 35.2 Å². The highest BCUT2D eigenvalue weighted by molar-refractivity contribution is 5.47. The molecule has 0 unspecified atom stereocenters. The van der Waals surface area contributed by atoms with E-state index in [0.717, 1.165) is 32.6 Å². The first-order valence-corrected chi connectivity index (χ1v) is 6.67. The maximum absolute atomic E-state index is 11.1. The standard InChI is InChI=1S/C15H21N3O/c1-14-10-17(12-16-14)8-5-9-18(13-19)11-15-6-3-2-4-7-15/h2-4,6-7,10,13,16H,5,8-9,11-12H2,1H3. The second kappa shape index (κ2) is 6.83. The van der Waals surface area contributed by atoms with Gasteiger partial charge in [0.15, 0.2) is 0 Å². The van der Waals surface area contributed by atoms with Gasteiger partial charge in [-0.3, -0.25) is 4.79 Å². The number of benzene rings is 1. The van der Waals surface area contributed by atoms with Crippen LogP contribution in [0.25, 0.3) is 0 Å². The van der Waals surface area contributed by atoms with Crippen LogP contribution >= 0.6 is 0 Å². The summed E-state index contributed by atoms with van der Waals surface area (Å²) in [5, 5.41) is 3.27. The van der Waals surface area contributed by atoms with Crippen LogP contribution in [0.2, 0.25) is 0 Å². The monoisotopic (exact) mass is 259 g/mol. The van der Waals surface area contributed by atoms with Crippen LogP contribution in [0.1, 0.15) is 18.9 Å². The van der Waals surface area contributed by atoms with Crippen LogP contribution in [0.4, 0.5) is 0 Å². The predicted octanol–water partition coefficient (Wildman–Crippen LogP) is 1.76. The lowest BCUT2D eigenvalue weighted by Gasteiger charge is -2.20. The van der Waals surface area contributed by atoms with E-state index in [4.69, 9.17) is 0 Å². The summed E-state index contributed by atoms with van der Waals surface area (Å²) in [6.07, 6.45) is 4.05. The molecule has 1 aliphatic rings. The number of hydrogen-bond acceptors (Lipinski definition) is 3. The van der Waals surface area contributed by atoms with Crippen molar-refractivity contribution in [3.8, 4) is 0 Å². The molecule has 0 aromatic heterocycles. The molecule has 1 heterocycles. The van der Waals surface area contributed by atoms with Crippen molar-refractivity contribution < 1.29 is 4.79 Å². The van der Waals surface area contributed by atoms with E-state index >= 15 is 0 Å². The van der Waals surface area contributed by atoms with Gasteiger partial charge in [0.1, 0.15) is 0 Å². The molecule has 1 N–H and O–H groups in total. The molecule has 19 heavy (non-hydrogen) atoms.